The predicted octanol–water partition coefficient (Wildman–Crippen LogP) is 3.50. The van der Waals surface area contributed by atoms with Gasteiger partial charge in [-0.25, -0.2) is 9.97 Å². The van der Waals surface area contributed by atoms with E-state index in [1.807, 2.05) is 32.0 Å². The fraction of sp³-hybridized carbons (Fsp3) is 0.455. The summed E-state index contributed by atoms with van der Waals surface area (Å²) in [5, 5.41) is 3.39. The highest BCUT2D eigenvalue weighted by Gasteiger charge is 2.39. The maximum Gasteiger partial charge on any atom is 0.326 e. The molecular formula is C22H26BrN3O6. The fourth-order valence-electron chi connectivity index (χ4n) is 3.62. The maximum absolute atomic E-state index is 12.5. The fourth-order valence-corrected chi connectivity index (χ4v) is 4.00. The van der Waals surface area contributed by atoms with Crippen LogP contribution in [-0.2, 0) is 28.5 Å². The van der Waals surface area contributed by atoms with Gasteiger partial charge in [0.2, 0.25) is 0 Å². The van der Waals surface area contributed by atoms with Gasteiger partial charge in [0, 0.05) is 4.47 Å². The molecule has 1 aliphatic rings. The Morgan fingerprint density at radius 1 is 1.12 bits per heavy atom. The van der Waals surface area contributed by atoms with Crippen molar-refractivity contribution in [3.05, 3.63) is 50.9 Å². The van der Waals surface area contributed by atoms with Crippen LogP contribution in [0, 0.1) is 13.8 Å². The molecule has 10 heteroatoms. The summed E-state index contributed by atoms with van der Waals surface area (Å²) in [6, 6.07) is 5.78. The second-order valence-electron chi connectivity index (χ2n) is 7.29. The number of rotatable bonds is 7. The van der Waals surface area contributed by atoms with E-state index in [1.165, 1.54) is 14.2 Å². The molecule has 0 unspecified atom stereocenters. The first-order valence-electron chi connectivity index (χ1n) is 10.1. The Morgan fingerprint density at radius 2 is 1.75 bits per heavy atom. The first-order chi connectivity index (χ1) is 15.3. The van der Waals surface area contributed by atoms with Gasteiger partial charge >= 0.3 is 11.9 Å². The van der Waals surface area contributed by atoms with E-state index in [0.717, 1.165) is 15.6 Å². The van der Waals surface area contributed by atoms with Crippen molar-refractivity contribution in [3.63, 3.8) is 0 Å². The Labute approximate surface area is 194 Å². The Bertz CT molecular complexity index is 993. The highest BCUT2D eigenvalue weighted by Crippen LogP contribution is 2.37. The molecule has 0 aliphatic carbocycles. The summed E-state index contributed by atoms with van der Waals surface area (Å²) in [5.74, 6) is -2.23. The van der Waals surface area contributed by atoms with E-state index in [2.05, 4.69) is 31.2 Å². The molecule has 9 nitrogen and oxygen atoms in total. The molecule has 1 N–H and O–H groups in total. The van der Waals surface area contributed by atoms with E-state index >= 15 is 0 Å². The zero-order chi connectivity index (χ0) is 23.4. The van der Waals surface area contributed by atoms with Crippen molar-refractivity contribution in [3.8, 4) is 0 Å². The number of hydrogen-bond acceptors (Lipinski definition) is 9. The van der Waals surface area contributed by atoms with Crippen molar-refractivity contribution in [2.24, 2.45) is 0 Å². The van der Waals surface area contributed by atoms with Gasteiger partial charge in [-0.05, 0) is 38.0 Å². The molecule has 0 bridgehead atoms. The van der Waals surface area contributed by atoms with Crippen molar-refractivity contribution in [1.29, 1.82) is 0 Å². The van der Waals surface area contributed by atoms with E-state index < -0.39 is 24.1 Å². The number of carbonyl (C=O) groups excluding carboxylic acids is 2. The van der Waals surface area contributed by atoms with Crippen LogP contribution in [0.2, 0.25) is 0 Å². The molecule has 3 rings (SSSR count). The lowest BCUT2D eigenvalue weighted by molar-refractivity contribution is -0.154. The number of nitrogens with one attached hydrogen (secondary N) is 1. The zero-order valence-corrected chi connectivity index (χ0v) is 20.2. The molecule has 2 heterocycles. The highest BCUT2D eigenvalue weighted by molar-refractivity contribution is 9.10. The van der Waals surface area contributed by atoms with Crippen LogP contribution < -0.4 is 5.32 Å². The van der Waals surface area contributed by atoms with E-state index in [1.54, 1.807) is 6.92 Å². The summed E-state index contributed by atoms with van der Waals surface area (Å²) < 4.78 is 22.1. The minimum atomic E-state index is -1.40. The maximum atomic E-state index is 12.5. The first kappa shape index (κ1) is 24.1. The van der Waals surface area contributed by atoms with Gasteiger partial charge in [-0.15, -0.1) is 0 Å². The number of aromatic nitrogens is 2. The third kappa shape index (κ3) is 4.92. The second kappa shape index (κ2) is 10.4. The molecule has 0 saturated carbocycles. The number of hydrogen-bond donors (Lipinski definition) is 1. The molecule has 1 saturated heterocycles. The van der Waals surface area contributed by atoms with Gasteiger partial charge in [0.05, 0.1) is 44.7 Å². The highest BCUT2D eigenvalue weighted by atomic mass is 79.9. The molecule has 172 valence electrons. The number of methoxy groups -OCH3 is 2. The summed E-state index contributed by atoms with van der Waals surface area (Å²) in [6.45, 7) is 6.40. The van der Waals surface area contributed by atoms with Crippen LogP contribution in [0.15, 0.2) is 22.7 Å². The van der Waals surface area contributed by atoms with Gasteiger partial charge in [-0.1, -0.05) is 28.1 Å². The molecule has 1 aromatic heterocycles. The van der Waals surface area contributed by atoms with Gasteiger partial charge in [0.25, 0.3) is 0 Å². The summed E-state index contributed by atoms with van der Waals surface area (Å²) in [5.41, 5.74) is 2.63. The number of nitrogens with zero attached hydrogens (tertiary/aromatic N) is 2. The molecule has 0 spiro atoms. The Morgan fingerprint density at radius 3 is 2.34 bits per heavy atom. The largest absolute Gasteiger partial charge is 0.468 e. The first-order valence-corrected chi connectivity index (χ1v) is 10.9. The van der Waals surface area contributed by atoms with Gasteiger partial charge in [0.15, 0.2) is 12.2 Å². The lowest BCUT2D eigenvalue weighted by Crippen LogP contribution is -2.28. The van der Waals surface area contributed by atoms with E-state index in [9.17, 15) is 9.59 Å². The molecule has 32 heavy (non-hydrogen) atoms. The van der Waals surface area contributed by atoms with E-state index in [-0.39, 0.29) is 11.7 Å². The van der Waals surface area contributed by atoms with Crippen molar-refractivity contribution in [1.82, 2.24) is 9.97 Å². The van der Waals surface area contributed by atoms with Crippen LogP contribution in [0.5, 0.6) is 0 Å². The summed E-state index contributed by atoms with van der Waals surface area (Å²) in [6.07, 6.45) is -0.847. The van der Waals surface area contributed by atoms with Crippen LogP contribution in [0.3, 0.4) is 0 Å². The number of benzene rings is 1. The minimum absolute atomic E-state index is 0.128. The molecule has 1 fully saturated rings. The Balaban J connectivity index is 2.14. The summed E-state index contributed by atoms with van der Waals surface area (Å²) >= 11 is 3.56. The average molecular weight is 508 g/mol. The minimum Gasteiger partial charge on any atom is -0.468 e. The normalized spacial score (nSPS) is 15.0. The van der Waals surface area contributed by atoms with Crippen LogP contribution in [-0.4, -0.2) is 49.3 Å². The number of anilines is 1. The molecule has 1 atom stereocenters. The average Bonchev–Trinajstić information content (AvgIpc) is 3.29. The predicted molar refractivity (Wildman–Crippen MR) is 119 cm³/mol. The van der Waals surface area contributed by atoms with Crippen molar-refractivity contribution in [2.75, 3.05) is 32.8 Å². The Hall–Kier alpha value is -2.56. The van der Waals surface area contributed by atoms with Gasteiger partial charge < -0.3 is 24.3 Å². The molecule has 2 aromatic rings. The smallest absolute Gasteiger partial charge is 0.326 e. The molecular weight excluding hydrogens is 482 g/mol. The quantitative estimate of drug-likeness (QED) is 0.444. The van der Waals surface area contributed by atoms with Crippen molar-refractivity contribution < 1.29 is 28.5 Å². The molecule has 1 aromatic carbocycles. The third-order valence-electron chi connectivity index (χ3n) is 5.22. The van der Waals surface area contributed by atoms with E-state index in [4.69, 9.17) is 18.9 Å². The lowest BCUT2D eigenvalue weighted by Gasteiger charge is -2.25. The standard InChI is InChI=1S/C22H26BrN3O6/c1-11-14(7-6-8-15(11)23)12(2)24-19-16(22-31-9-10-32-22)18(25-13(3)26-19)17(20(27)29-4)21(28)30-5/h6-8,12,17,22H,9-10H2,1-5H3,(H,24,25,26)/t12-/m1/s1. The molecule has 0 amide bonds. The monoisotopic (exact) mass is 507 g/mol. The van der Waals surface area contributed by atoms with Crippen LogP contribution >= 0.6 is 15.9 Å². The number of halogens is 1. The molecule has 1 aliphatic heterocycles. The lowest BCUT2D eigenvalue weighted by atomic mass is 9.98. The zero-order valence-electron chi connectivity index (χ0n) is 18.6. The van der Waals surface area contributed by atoms with Gasteiger partial charge in [-0.3, -0.25) is 9.59 Å². The molecule has 0 radical (unpaired) electrons. The summed E-state index contributed by atoms with van der Waals surface area (Å²) in [7, 11) is 2.40. The SMILES string of the molecule is COC(=O)C(C(=O)OC)c1nc(C)nc(N[C@H](C)c2cccc(Br)c2C)c1C1OCCO1. The number of esters is 2. The summed E-state index contributed by atoms with van der Waals surface area (Å²) in [4.78, 5) is 34.0. The van der Waals surface area contributed by atoms with Crippen molar-refractivity contribution in [2.45, 2.75) is 39.0 Å². The van der Waals surface area contributed by atoms with Crippen molar-refractivity contribution >= 4 is 33.7 Å². The third-order valence-corrected chi connectivity index (χ3v) is 6.08. The van der Waals surface area contributed by atoms with E-state index in [0.29, 0.717) is 30.4 Å². The number of carbonyl (C=O) groups is 2. The van der Waals surface area contributed by atoms with Crippen LogP contribution in [0.4, 0.5) is 5.82 Å². The van der Waals surface area contributed by atoms with Gasteiger partial charge in [0.1, 0.15) is 11.6 Å². The van der Waals surface area contributed by atoms with Crippen LogP contribution in [0.25, 0.3) is 0 Å². The number of aryl methyl sites for hydroxylation is 1. The second-order valence-corrected chi connectivity index (χ2v) is 8.15. The Kier molecular flexibility index (Phi) is 7.81. The van der Waals surface area contributed by atoms with Crippen LogP contribution in [0.1, 0.15) is 53.4 Å². The number of ether oxygens (including phenoxy) is 4. The van der Waals surface area contributed by atoms with Gasteiger partial charge in [-0.2, -0.15) is 0 Å². The topological polar surface area (TPSA) is 109 Å².